The number of ether oxygens (including phenoxy) is 1. The SMILES string of the molecule is CCOc1ccccc1-c1cc(F)ccc1CNC1CC1. The van der Waals surface area contributed by atoms with E-state index in [2.05, 4.69) is 5.32 Å². The number of hydrogen-bond donors (Lipinski definition) is 1. The topological polar surface area (TPSA) is 21.3 Å². The minimum atomic E-state index is -0.216. The molecule has 0 aromatic heterocycles. The molecule has 3 rings (SSSR count). The molecular weight excluding hydrogens is 265 g/mol. The Morgan fingerprint density at radius 1 is 1.14 bits per heavy atom. The van der Waals surface area contributed by atoms with Crippen molar-refractivity contribution in [2.75, 3.05) is 6.61 Å². The normalized spacial score (nSPS) is 14.2. The van der Waals surface area contributed by atoms with Crippen LogP contribution >= 0.6 is 0 Å². The third kappa shape index (κ3) is 3.42. The second-order valence-corrected chi connectivity index (χ2v) is 5.39. The van der Waals surface area contributed by atoms with Crippen LogP contribution in [0.25, 0.3) is 11.1 Å². The van der Waals surface area contributed by atoms with Gasteiger partial charge < -0.3 is 10.1 Å². The standard InChI is InChI=1S/C18H20FNO/c1-2-21-18-6-4-3-5-16(18)17-11-14(19)8-7-13(17)12-20-15-9-10-15/h3-8,11,15,20H,2,9-10,12H2,1H3. The van der Waals surface area contributed by atoms with Crippen molar-refractivity contribution in [1.82, 2.24) is 5.32 Å². The van der Waals surface area contributed by atoms with Gasteiger partial charge >= 0.3 is 0 Å². The van der Waals surface area contributed by atoms with E-state index in [9.17, 15) is 4.39 Å². The molecule has 0 spiro atoms. The van der Waals surface area contributed by atoms with E-state index in [0.717, 1.165) is 29.0 Å². The molecule has 1 N–H and O–H groups in total. The molecule has 0 heterocycles. The lowest BCUT2D eigenvalue weighted by molar-refractivity contribution is 0.341. The molecular formula is C18H20FNO. The van der Waals surface area contributed by atoms with Gasteiger partial charge in [0.1, 0.15) is 11.6 Å². The Morgan fingerprint density at radius 3 is 2.71 bits per heavy atom. The number of para-hydroxylation sites is 1. The van der Waals surface area contributed by atoms with Crippen molar-refractivity contribution in [3.63, 3.8) is 0 Å². The lowest BCUT2D eigenvalue weighted by Gasteiger charge is -2.14. The van der Waals surface area contributed by atoms with Crippen molar-refractivity contribution in [2.24, 2.45) is 0 Å². The van der Waals surface area contributed by atoms with Crippen LogP contribution in [0.3, 0.4) is 0 Å². The second kappa shape index (κ2) is 6.27. The van der Waals surface area contributed by atoms with E-state index in [-0.39, 0.29) is 5.82 Å². The largest absolute Gasteiger partial charge is 0.493 e. The third-order valence-corrected chi connectivity index (χ3v) is 3.71. The first-order valence-corrected chi connectivity index (χ1v) is 7.52. The van der Waals surface area contributed by atoms with Crippen molar-refractivity contribution < 1.29 is 9.13 Å². The lowest BCUT2D eigenvalue weighted by atomic mass is 9.98. The Morgan fingerprint density at radius 2 is 1.95 bits per heavy atom. The molecule has 2 aromatic rings. The van der Waals surface area contributed by atoms with Crippen LogP contribution in [0.5, 0.6) is 5.75 Å². The monoisotopic (exact) mass is 285 g/mol. The summed E-state index contributed by atoms with van der Waals surface area (Å²) in [4.78, 5) is 0. The van der Waals surface area contributed by atoms with Crippen LogP contribution in [-0.2, 0) is 6.54 Å². The summed E-state index contributed by atoms with van der Waals surface area (Å²) >= 11 is 0. The van der Waals surface area contributed by atoms with Crippen LogP contribution in [0.15, 0.2) is 42.5 Å². The minimum absolute atomic E-state index is 0.216. The average molecular weight is 285 g/mol. The summed E-state index contributed by atoms with van der Waals surface area (Å²) in [6.45, 7) is 3.32. The Labute approximate surface area is 125 Å². The third-order valence-electron chi connectivity index (χ3n) is 3.71. The van der Waals surface area contributed by atoms with E-state index in [1.165, 1.54) is 18.9 Å². The van der Waals surface area contributed by atoms with Gasteiger partial charge in [0, 0.05) is 18.2 Å². The molecule has 0 aliphatic heterocycles. The highest BCUT2D eigenvalue weighted by Gasteiger charge is 2.21. The van der Waals surface area contributed by atoms with Crippen LogP contribution in [0.1, 0.15) is 25.3 Å². The molecule has 0 atom stereocenters. The second-order valence-electron chi connectivity index (χ2n) is 5.39. The molecule has 1 aliphatic carbocycles. The summed E-state index contributed by atoms with van der Waals surface area (Å²) in [6, 6.07) is 13.4. The van der Waals surface area contributed by atoms with Crippen LogP contribution in [0.4, 0.5) is 4.39 Å². The molecule has 2 aromatic carbocycles. The highest BCUT2D eigenvalue weighted by atomic mass is 19.1. The zero-order valence-electron chi connectivity index (χ0n) is 12.2. The Hall–Kier alpha value is -1.87. The Balaban J connectivity index is 1.97. The van der Waals surface area contributed by atoms with E-state index >= 15 is 0 Å². The number of halogens is 1. The van der Waals surface area contributed by atoms with Gasteiger partial charge in [-0.3, -0.25) is 0 Å². The summed E-state index contributed by atoms with van der Waals surface area (Å²) in [5.74, 6) is 0.588. The highest BCUT2D eigenvalue weighted by molar-refractivity contribution is 5.73. The summed E-state index contributed by atoms with van der Waals surface area (Å²) in [5, 5.41) is 3.49. The number of nitrogens with one attached hydrogen (secondary N) is 1. The molecule has 21 heavy (non-hydrogen) atoms. The Kier molecular flexibility index (Phi) is 4.20. The average Bonchev–Trinajstić information content (AvgIpc) is 3.31. The first-order chi connectivity index (χ1) is 10.3. The molecule has 1 fully saturated rings. The van der Waals surface area contributed by atoms with Crippen molar-refractivity contribution in [3.05, 3.63) is 53.8 Å². The maximum absolute atomic E-state index is 13.7. The zero-order valence-corrected chi connectivity index (χ0v) is 12.2. The molecule has 0 bridgehead atoms. The maximum atomic E-state index is 13.7. The molecule has 0 unspecified atom stereocenters. The van der Waals surface area contributed by atoms with Gasteiger partial charge in [0.15, 0.2) is 0 Å². The number of hydrogen-bond acceptors (Lipinski definition) is 2. The molecule has 2 nitrogen and oxygen atoms in total. The van der Waals surface area contributed by atoms with Crippen LogP contribution in [0, 0.1) is 5.82 Å². The smallest absolute Gasteiger partial charge is 0.127 e. The maximum Gasteiger partial charge on any atom is 0.127 e. The first kappa shape index (κ1) is 14.1. The first-order valence-electron chi connectivity index (χ1n) is 7.52. The van der Waals surface area contributed by atoms with Gasteiger partial charge in [-0.15, -0.1) is 0 Å². The van der Waals surface area contributed by atoms with Gasteiger partial charge in [0.05, 0.1) is 6.61 Å². The van der Waals surface area contributed by atoms with Gasteiger partial charge in [-0.1, -0.05) is 24.3 Å². The van der Waals surface area contributed by atoms with E-state index in [1.54, 1.807) is 6.07 Å². The fourth-order valence-electron chi connectivity index (χ4n) is 2.47. The minimum Gasteiger partial charge on any atom is -0.493 e. The molecule has 0 saturated heterocycles. The molecule has 0 radical (unpaired) electrons. The van der Waals surface area contributed by atoms with Crippen LogP contribution < -0.4 is 10.1 Å². The zero-order chi connectivity index (χ0) is 14.7. The van der Waals surface area contributed by atoms with E-state index < -0.39 is 0 Å². The molecule has 0 amide bonds. The Bertz CT molecular complexity index is 622. The molecule has 3 heteroatoms. The highest BCUT2D eigenvalue weighted by Crippen LogP contribution is 2.33. The van der Waals surface area contributed by atoms with Gasteiger partial charge in [-0.25, -0.2) is 4.39 Å². The van der Waals surface area contributed by atoms with Crippen molar-refractivity contribution in [1.29, 1.82) is 0 Å². The van der Waals surface area contributed by atoms with Gasteiger partial charge in [-0.05, 0) is 49.1 Å². The molecule has 110 valence electrons. The summed E-state index contributed by atoms with van der Waals surface area (Å²) in [6.07, 6.45) is 2.48. The lowest BCUT2D eigenvalue weighted by Crippen LogP contribution is -2.16. The van der Waals surface area contributed by atoms with Gasteiger partial charge in [0.2, 0.25) is 0 Å². The quantitative estimate of drug-likeness (QED) is 0.861. The number of benzene rings is 2. The predicted octanol–water partition coefficient (Wildman–Crippen LogP) is 4.14. The van der Waals surface area contributed by atoms with Crippen molar-refractivity contribution in [2.45, 2.75) is 32.4 Å². The van der Waals surface area contributed by atoms with E-state index in [1.807, 2.05) is 37.3 Å². The predicted molar refractivity (Wildman–Crippen MR) is 82.9 cm³/mol. The summed E-state index contributed by atoms with van der Waals surface area (Å²) in [7, 11) is 0. The van der Waals surface area contributed by atoms with Crippen molar-refractivity contribution in [3.8, 4) is 16.9 Å². The van der Waals surface area contributed by atoms with Gasteiger partial charge in [0.25, 0.3) is 0 Å². The fourth-order valence-corrected chi connectivity index (χ4v) is 2.47. The summed E-state index contributed by atoms with van der Waals surface area (Å²) < 4.78 is 19.4. The molecule has 1 saturated carbocycles. The van der Waals surface area contributed by atoms with Gasteiger partial charge in [-0.2, -0.15) is 0 Å². The van der Waals surface area contributed by atoms with Crippen LogP contribution in [-0.4, -0.2) is 12.6 Å². The van der Waals surface area contributed by atoms with E-state index in [4.69, 9.17) is 4.74 Å². The van der Waals surface area contributed by atoms with Crippen LogP contribution in [0.2, 0.25) is 0 Å². The summed E-state index contributed by atoms with van der Waals surface area (Å²) in [5.41, 5.74) is 2.97. The fraction of sp³-hybridized carbons (Fsp3) is 0.333. The van der Waals surface area contributed by atoms with E-state index in [0.29, 0.717) is 12.6 Å². The molecule has 1 aliphatic rings. The number of rotatable bonds is 6. The van der Waals surface area contributed by atoms with Crippen molar-refractivity contribution >= 4 is 0 Å².